The van der Waals surface area contributed by atoms with Gasteiger partial charge in [0.1, 0.15) is 35.0 Å². The molecule has 242 valence electrons. The molecule has 0 saturated heterocycles. The number of aliphatic carboxylic acids is 1. The van der Waals surface area contributed by atoms with E-state index in [1.165, 1.54) is 30.9 Å². The summed E-state index contributed by atoms with van der Waals surface area (Å²) in [5.41, 5.74) is 4.62. The minimum absolute atomic E-state index is 0.266. The first-order chi connectivity index (χ1) is 22.8. The van der Waals surface area contributed by atoms with E-state index in [1.807, 2.05) is 18.2 Å². The number of methoxy groups -OCH3 is 1. The van der Waals surface area contributed by atoms with Gasteiger partial charge >= 0.3 is 5.97 Å². The van der Waals surface area contributed by atoms with Crippen molar-refractivity contribution in [3.63, 3.8) is 0 Å². The van der Waals surface area contributed by atoms with Crippen LogP contribution in [-0.2, 0) is 16.1 Å². The molecule has 47 heavy (non-hydrogen) atoms. The number of aromatic nitrogens is 2. The second-order valence-corrected chi connectivity index (χ2v) is 12.7. The number of nitrogens with one attached hydrogen (secondary N) is 2. The number of benzene rings is 2. The van der Waals surface area contributed by atoms with Gasteiger partial charge in [-0.1, -0.05) is 31.4 Å². The molecular weight excluding hydrogens is 596 g/mol. The van der Waals surface area contributed by atoms with Gasteiger partial charge in [-0.2, -0.15) is 0 Å². The highest BCUT2D eigenvalue weighted by molar-refractivity contribution is 6.04. The molecule has 10 heteroatoms. The molecule has 0 spiro atoms. The number of fused-ring (bicyclic) bond motifs is 5. The number of amides is 2. The predicted molar refractivity (Wildman–Crippen MR) is 179 cm³/mol. The molecule has 3 heterocycles. The Bertz CT molecular complexity index is 1880. The molecule has 2 aromatic carbocycles. The smallest absolute Gasteiger partial charge is 0.328 e. The Morgan fingerprint density at radius 3 is 2.51 bits per heavy atom. The van der Waals surface area contributed by atoms with Crippen LogP contribution in [0.2, 0.25) is 0 Å². The summed E-state index contributed by atoms with van der Waals surface area (Å²) in [7, 11) is 1.65. The van der Waals surface area contributed by atoms with E-state index in [-0.39, 0.29) is 17.5 Å². The summed E-state index contributed by atoms with van der Waals surface area (Å²) in [5, 5.41) is 15.9. The zero-order valence-corrected chi connectivity index (χ0v) is 26.4. The lowest BCUT2D eigenvalue weighted by atomic mass is 9.75. The van der Waals surface area contributed by atoms with Crippen molar-refractivity contribution in [2.45, 2.75) is 69.4 Å². The Morgan fingerprint density at radius 2 is 1.81 bits per heavy atom. The average Bonchev–Trinajstić information content (AvgIpc) is 3.27. The van der Waals surface area contributed by atoms with E-state index in [0.717, 1.165) is 59.1 Å². The molecule has 3 N–H and O–H groups in total. The normalized spacial score (nSPS) is 17.1. The molecule has 2 aliphatic carbocycles. The van der Waals surface area contributed by atoms with Crippen molar-refractivity contribution >= 4 is 40.6 Å². The first kappa shape index (κ1) is 30.5. The number of rotatable bonds is 8. The second kappa shape index (κ2) is 12.6. The van der Waals surface area contributed by atoms with Crippen LogP contribution in [-0.4, -0.2) is 51.7 Å². The van der Waals surface area contributed by atoms with Crippen LogP contribution in [0.4, 0.5) is 5.69 Å². The highest BCUT2D eigenvalue weighted by atomic mass is 16.5. The Labute approximate surface area is 272 Å². The molecule has 2 aromatic heterocycles. The van der Waals surface area contributed by atoms with Gasteiger partial charge in [-0.05, 0) is 91.6 Å². The van der Waals surface area contributed by atoms with Crippen LogP contribution in [0.15, 0.2) is 60.7 Å². The lowest BCUT2D eigenvalue weighted by Crippen LogP contribution is -2.61. The lowest BCUT2D eigenvalue weighted by molar-refractivity contribution is -0.131. The summed E-state index contributed by atoms with van der Waals surface area (Å²) in [4.78, 5) is 43.1. The fourth-order valence-electron chi connectivity index (χ4n) is 7.19. The van der Waals surface area contributed by atoms with Gasteiger partial charge in [-0.25, -0.2) is 9.78 Å². The minimum atomic E-state index is -1.04. The number of ether oxygens (including phenoxy) is 2. The Kier molecular flexibility index (Phi) is 8.17. The van der Waals surface area contributed by atoms with Crippen LogP contribution in [0.5, 0.6) is 11.5 Å². The topological polar surface area (TPSA) is 132 Å². The quantitative estimate of drug-likeness (QED) is 0.188. The summed E-state index contributed by atoms with van der Waals surface area (Å²) in [6.45, 7) is 1.05. The maximum absolute atomic E-state index is 13.8. The summed E-state index contributed by atoms with van der Waals surface area (Å²) < 4.78 is 13.9. The molecule has 2 amide bonds. The number of carboxylic acids is 1. The first-order valence-corrected chi connectivity index (χ1v) is 16.3. The maximum Gasteiger partial charge on any atom is 0.328 e. The van der Waals surface area contributed by atoms with Gasteiger partial charge < -0.3 is 29.8 Å². The van der Waals surface area contributed by atoms with Crippen LogP contribution in [0.25, 0.3) is 28.4 Å². The number of carboxylic acid groups (broad SMARTS) is 1. The number of carbonyl (C=O) groups is 3. The van der Waals surface area contributed by atoms with Crippen LogP contribution >= 0.6 is 0 Å². The molecule has 2 saturated carbocycles. The van der Waals surface area contributed by atoms with Gasteiger partial charge in [0, 0.05) is 28.8 Å². The molecule has 0 bridgehead atoms. The Balaban J connectivity index is 1.19. The standard InChI is InChI=1S/C37H38N4O6/c1-46-26-13-14-27-30(22-26)47-21-20-41-33(27)32(24-6-3-2-4-7-24)28-15-16-29(39-34(28)41)35(44)40-37(18-5-19-37)36(45)38-25-11-8-23(9-12-25)10-17-31(42)43/h8-17,22,24H,2-7,18-21H2,1H3,(H,38,45)(H,40,44)(H,42,43)/b17-10+. The SMILES string of the molecule is COc1ccc2c(c1)OCCn1c-2c(C2CCCCC2)c2ccc(C(=O)NC3(C(=O)Nc4ccc(/C=C/C(=O)O)cc4)CCC3)nc21. The fourth-order valence-corrected chi connectivity index (χ4v) is 7.19. The largest absolute Gasteiger partial charge is 0.497 e. The summed E-state index contributed by atoms with van der Waals surface area (Å²) >= 11 is 0. The van der Waals surface area contributed by atoms with Crippen LogP contribution in [0.1, 0.15) is 78.9 Å². The van der Waals surface area contributed by atoms with Gasteiger partial charge in [-0.3, -0.25) is 9.59 Å². The van der Waals surface area contributed by atoms with Crippen molar-refractivity contribution in [2.24, 2.45) is 0 Å². The summed E-state index contributed by atoms with van der Waals surface area (Å²) in [5.74, 6) is 0.207. The molecule has 1 aliphatic heterocycles. The van der Waals surface area contributed by atoms with Crippen LogP contribution in [0.3, 0.4) is 0 Å². The Hall–Kier alpha value is -5.12. The molecular formula is C37H38N4O6. The van der Waals surface area contributed by atoms with Gasteiger partial charge in [0.2, 0.25) is 5.91 Å². The summed E-state index contributed by atoms with van der Waals surface area (Å²) in [6.07, 6.45) is 10.3. The number of pyridine rings is 1. The zero-order valence-electron chi connectivity index (χ0n) is 26.4. The fraction of sp³-hybridized carbons (Fsp3) is 0.351. The maximum atomic E-state index is 13.8. The number of hydrogen-bond donors (Lipinski definition) is 3. The zero-order chi connectivity index (χ0) is 32.5. The van der Waals surface area contributed by atoms with Crippen molar-refractivity contribution in [2.75, 3.05) is 19.0 Å². The van der Waals surface area contributed by atoms with Crippen molar-refractivity contribution in [1.29, 1.82) is 0 Å². The van der Waals surface area contributed by atoms with Gasteiger partial charge in [0.05, 0.1) is 19.3 Å². The van der Waals surface area contributed by atoms with E-state index in [2.05, 4.69) is 21.3 Å². The summed E-state index contributed by atoms with van der Waals surface area (Å²) in [6, 6.07) is 16.6. The molecule has 7 rings (SSSR count). The molecule has 2 fully saturated rings. The lowest BCUT2D eigenvalue weighted by Gasteiger charge is -2.40. The van der Waals surface area contributed by atoms with E-state index in [1.54, 1.807) is 37.4 Å². The third-order valence-electron chi connectivity index (χ3n) is 9.79. The van der Waals surface area contributed by atoms with E-state index in [4.69, 9.17) is 19.6 Å². The van der Waals surface area contributed by atoms with Crippen molar-refractivity contribution < 1.29 is 29.0 Å². The van der Waals surface area contributed by atoms with Crippen molar-refractivity contribution in [3.05, 3.63) is 77.5 Å². The third kappa shape index (κ3) is 5.84. The number of carbonyl (C=O) groups excluding carboxylic acids is 2. The molecule has 0 unspecified atom stereocenters. The van der Waals surface area contributed by atoms with Gasteiger partial charge in [0.15, 0.2) is 0 Å². The van der Waals surface area contributed by atoms with Crippen LogP contribution < -0.4 is 20.1 Å². The molecule has 3 aliphatic rings. The highest BCUT2D eigenvalue weighted by Gasteiger charge is 2.46. The molecule has 0 radical (unpaired) electrons. The molecule has 10 nitrogen and oxygen atoms in total. The van der Waals surface area contributed by atoms with Crippen molar-refractivity contribution in [1.82, 2.24) is 14.9 Å². The van der Waals surface area contributed by atoms with Gasteiger partial charge in [-0.15, -0.1) is 0 Å². The predicted octanol–water partition coefficient (Wildman–Crippen LogP) is 6.54. The Morgan fingerprint density at radius 1 is 1.02 bits per heavy atom. The van der Waals surface area contributed by atoms with Crippen molar-refractivity contribution in [3.8, 4) is 22.8 Å². The number of nitrogens with zero attached hydrogens (tertiary/aromatic N) is 2. The average molecular weight is 635 g/mol. The van der Waals surface area contributed by atoms with E-state index < -0.39 is 11.5 Å². The molecule has 0 atom stereocenters. The minimum Gasteiger partial charge on any atom is -0.497 e. The first-order valence-electron chi connectivity index (χ1n) is 16.3. The van der Waals surface area contributed by atoms with E-state index >= 15 is 0 Å². The third-order valence-corrected chi connectivity index (χ3v) is 9.79. The monoisotopic (exact) mass is 634 g/mol. The second-order valence-electron chi connectivity index (χ2n) is 12.7. The number of anilines is 1. The molecule has 4 aromatic rings. The highest BCUT2D eigenvalue weighted by Crippen LogP contribution is 2.47. The van der Waals surface area contributed by atoms with E-state index in [9.17, 15) is 14.4 Å². The number of hydrogen-bond acceptors (Lipinski definition) is 6. The van der Waals surface area contributed by atoms with Crippen LogP contribution in [0, 0.1) is 0 Å². The van der Waals surface area contributed by atoms with Gasteiger partial charge in [0.25, 0.3) is 5.91 Å². The van der Waals surface area contributed by atoms with E-state index in [0.29, 0.717) is 43.2 Å².